The number of primary amides is 1. The number of pyridine rings is 2. The number of alkyl carbamates (subject to hydrolysis) is 1. The van der Waals surface area contributed by atoms with Crippen LogP contribution in [0.3, 0.4) is 0 Å². The number of rotatable bonds is 6. The summed E-state index contributed by atoms with van der Waals surface area (Å²) in [6, 6.07) is 2.35. The summed E-state index contributed by atoms with van der Waals surface area (Å²) in [5.74, 6) is -1.44. The zero-order valence-corrected chi connectivity index (χ0v) is 19.4. The van der Waals surface area contributed by atoms with E-state index in [2.05, 4.69) is 25.9 Å². The lowest BCUT2D eigenvalue weighted by atomic mass is 9.90. The summed E-state index contributed by atoms with van der Waals surface area (Å²) in [4.78, 5) is 32.6. The summed E-state index contributed by atoms with van der Waals surface area (Å²) >= 11 is 0. The van der Waals surface area contributed by atoms with E-state index in [1.54, 1.807) is 33.2 Å². The van der Waals surface area contributed by atoms with Gasteiger partial charge in [-0.05, 0) is 58.2 Å². The molecule has 33 heavy (non-hydrogen) atoms. The Hall–Kier alpha value is -3.43. The summed E-state index contributed by atoms with van der Waals surface area (Å²) < 4.78 is 20.2. The van der Waals surface area contributed by atoms with Gasteiger partial charge in [-0.3, -0.25) is 9.78 Å². The fourth-order valence-corrected chi connectivity index (χ4v) is 3.74. The molecule has 1 fully saturated rings. The van der Waals surface area contributed by atoms with Gasteiger partial charge in [0.05, 0.1) is 23.5 Å². The van der Waals surface area contributed by atoms with Crippen LogP contribution in [0.25, 0.3) is 0 Å². The Morgan fingerprint density at radius 1 is 1.12 bits per heavy atom. The van der Waals surface area contributed by atoms with E-state index >= 15 is 0 Å². The van der Waals surface area contributed by atoms with Gasteiger partial charge in [0.25, 0.3) is 5.91 Å². The van der Waals surface area contributed by atoms with Gasteiger partial charge in [-0.15, -0.1) is 0 Å². The molecule has 1 saturated carbocycles. The van der Waals surface area contributed by atoms with Gasteiger partial charge < -0.3 is 26.4 Å². The monoisotopic (exact) mass is 458 g/mol. The summed E-state index contributed by atoms with van der Waals surface area (Å²) in [5.41, 5.74) is 6.24. The Labute approximate surface area is 192 Å². The van der Waals surface area contributed by atoms with Crippen molar-refractivity contribution in [3.63, 3.8) is 0 Å². The summed E-state index contributed by atoms with van der Waals surface area (Å²) in [6.45, 7) is 7.25. The molecule has 1 aliphatic carbocycles. The first-order valence-corrected chi connectivity index (χ1v) is 11.0. The minimum absolute atomic E-state index is 0.0361. The van der Waals surface area contributed by atoms with E-state index in [0.29, 0.717) is 12.1 Å². The van der Waals surface area contributed by atoms with Crippen molar-refractivity contribution in [2.75, 3.05) is 10.6 Å². The first-order chi connectivity index (χ1) is 15.5. The predicted molar refractivity (Wildman–Crippen MR) is 124 cm³/mol. The third-order valence-electron chi connectivity index (χ3n) is 5.17. The van der Waals surface area contributed by atoms with Crippen LogP contribution in [0.1, 0.15) is 62.4 Å². The first kappa shape index (κ1) is 24.2. The van der Waals surface area contributed by atoms with Gasteiger partial charge in [-0.2, -0.15) is 0 Å². The Kier molecular flexibility index (Phi) is 7.35. The molecule has 2 heterocycles. The highest BCUT2D eigenvalue weighted by atomic mass is 19.1. The highest BCUT2D eigenvalue weighted by Gasteiger charge is 2.30. The molecular formula is C23H31FN6O3. The van der Waals surface area contributed by atoms with Gasteiger partial charge in [0.15, 0.2) is 11.6 Å². The van der Waals surface area contributed by atoms with E-state index in [1.807, 2.05) is 13.0 Å². The largest absolute Gasteiger partial charge is 0.444 e. The number of hydrogen-bond donors (Lipinski definition) is 4. The molecule has 178 valence electrons. The van der Waals surface area contributed by atoms with E-state index in [1.165, 1.54) is 0 Å². The SMILES string of the molecule is Cc1cncc(Nc2nc(N[C@@H]3CCCC[C@@H]3NC(=O)OC(C)(C)C)c(F)cc2C(N)=O)c1. The molecule has 0 saturated heterocycles. The van der Waals surface area contributed by atoms with Crippen molar-refractivity contribution in [1.29, 1.82) is 0 Å². The van der Waals surface area contributed by atoms with Gasteiger partial charge >= 0.3 is 6.09 Å². The fourth-order valence-electron chi connectivity index (χ4n) is 3.74. The van der Waals surface area contributed by atoms with Gasteiger partial charge in [0, 0.05) is 12.2 Å². The zero-order valence-electron chi connectivity index (χ0n) is 19.4. The predicted octanol–water partition coefficient (Wildman–Crippen LogP) is 4.01. The second-order valence-electron chi connectivity index (χ2n) is 9.24. The normalized spacial score (nSPS) is 18.3. The van der Waals surface area contributed by atoms with E-state index in [4.69, 9.17) is 10.5 Å². The minimum atomic E-state index is -0.807. The van der Waals surface area contributed by atoms with Crippen LogP contribution in [-0.4, -0.2) is 39.7 Å². The Morgan fingerprint density at radius 2 is 1.82 bits per heavy atom. The molecule has 0 radical (unpaired) electrons. The fraction of sp³-hybridized carbons (Fsp3) is 0.478. The van der Waals surface area contributed by atoms with Crippen molar-refractivity contribution in [2.45, 2.75) is 71.1 Å². The Balaban J connectivity index is 1.83. The molecule has 0 unspecified atom stereocenters. The maximum atomic E-state index is 14.9. The highest BCUT2D eigenvalue weighted by molar-refractivity contribution is 5.98. The topological polar surface area (TPSA) is 131 Å². The molecule has 0 spiro atoms. The van der Waals surface area contributed by atoms with Crippen LogP contribution in [0.2, 0.25) is 0 Å². The lowest BCUT2D eigenvalue weighted by Gasteiger charge is -2.34. The van der Waals surface area contributed by atoms with Crippen molar-refractivity contribution in [3.05, 3.63) is 41.5 Å². The average Bonchev–Trinajstić information content (AvgIpc) is 2.70. The number of halogens is 1. The summed E-state index contributed by atoms with van der Waals surface area (Å²) in [6.07, 6.45) is 6.02. The van der Waals surface area contributed by atoms with Gasteiger partial charge in [0.2, 0.25) is 0 Å². The molecule has 0 aliphatic heterocycles. The van der Waals surface area contributed by atoms with Crippen LogP contribution in [0.5, 0.6) is 0 Å². The Morgan fingerprint density at radius 3 is 2.45 bits per heavy atom. The van der Waals surface area contributed by atoms with Crippen LogP contribution in [-0.2, 0) is 4.74 Å². The minimum Gasteiger partial charge on any atom is -0.444 e. The second-order valence-corrected chi connectivity index (χ2v) is 9.24. The molecular weight excluding hydrogens is 427 g/mol. The Bertz CT molecular complexity index is 1020. The van der Waals surface area contributed by atoms with E-state index in [0.717, 1.165) is 30.9 Å². The molecule has 0 bridgehead atoms. The van der Waals surface area contributed by atoms with Gasteiger partial charge in [-0.25, -0.2) is 14.2 Å². The van der Waals surface area contributed by atoms with Crippen molar-refractivity contribution >= 4 is 29.3 Å². The summed E-state index contributed by atoms with van der Waals surface area (Å²) in [5, 5.41) is 8.99. The average molecular weight is 459 g/mol. The quantitative estimate of drug-likeness (QED) is 0.514. The van der Waals surface area contributed by atoms with Crippen LogP contribution in [0.15, 0.2) is 24.5 Å². The number of aromatic nitrogens is 2. The number of hydrogen-bond acceptors (Lipinski definition) is 7. The first-order valence-electron chi connectivity index (χ1n) is 11.0. The number of aryl methyl sites for hydroxylation is 1. The lowest BCUT2D eigenvalue weighted by Crippen LogP contribution is -2.50. The van der Waals surface area contributed by atoms with E-state index in [-0.39, 0.29) is 29.3 Å². The summed E-state index contributed by atoms with van der Waals surface area (Å²) in [7, 11) is 0. The molecule has 3 rings (SSSR count). The number of amides is 2. The number of ether oxygens (including phenoxy) is 1. The van der Waals surface area contributed by atoms with Crippen molar-refractivity contribution in [1.82, 2.24) is 15.3 Å². The molecule has 1 aliphatic rings. The number of nitrogens with one attached hydrogen (secondary N) is 3. The lowest BCUT2D eigenvalue weighted by molar-refractivity contribution is 0.0488. The molecule has 9 nitrogen and oxygen atoms in total. The number of anilines is 3. The maximum Gasteiger partial charge on any atom is 0.407 e. The van der Waals surface area contributed by atoms with Gasteiger partial charge in [0.1, 0.15) is 11.4 Å². The standard InChI is InChI=1S/C23H31FN6O3/c1-13-9-14(12-26-11-13)27-20-15(19(25)31)10-16(24)21(30-20)28-17-7-5-6-8-18(17)29-22(32)33-23(2,3)4/h9-12,17-18H,5-8H2,1-4H3,(H2,25,31)(H,29,32)(H2,27,28,30)/t17-,18+/m1/s1. The highest BCUT2D eigenvalue weighted by Crippen LogP contribution is 2.27. The van der Waals surface area contributed by atoms with Crippen molar-refractivity contribution in [3.8, 4) is 0 Å². The zero-order chi connectivity index (χ0) is 24.2. The molecule has 10 heteroatoms. The number of carbonyl (C=O) groups is 2. The molecule has 5 N–H and O–H groups in total. The number of nitrogens with zero attached hydrogens (tertiary/aromatic N) is 2. The third-order valence-corrected chi connectivity index (χ3v) is 5.17. The molecule has 2 aromatic heterocycles. The maximum absolute atomic E-state index is 14.9. The van der Waals surface area contributed by atoms with Gasteiger partial charge in [-0.1, -0.05) is 12.8 Å². The van der Waals surface area contributed by atoms with Crippen LogP contribution < -0.4 is 21.7 Å². The molecule has 2 atom stereocenters. The van der Waals surface area contributed by atoms with E-state index in [9.17, 15) is 14.0 Å². The molecule has 0 aromatic carbocycles. The van der Waals surface area contributed by atoms with E-state index < -0.39 is 23.4 Å². The third kappa shape index (κ3) is 6.77. The van der Waals surface area contributed by atoms with Crippen LogP contribution in [0, 0.1) is 12.7 Å². The smallest absolute Gasteiger partial charge is 0.407 e. The molecule has 2 aromatic rings. The number of nitrogens with two attached hydrogens (primary N) is 1. The number of carbonyl (C=O) groups excluding carboxylic acids is 2. The van der Waals surface area contributed by atoms with Crippen molar-refractivity contribution < 1.29 is 18.7 Å². The van der Waals surface area contributed by atoms with Crippen molar-refractivity contribution in [2.24, 2.45) is 5.73 Å². The van der Waals surface area contributed by atoms with Crippen LogP contribution in [0.4, 0.5) is 26.5 Å². The van der Waals surface area contributed by atoms with Crippen LogP contribution >= 0.6 is 0 Å². The second kappa shape index (κ2) is 10.0. The molecule has 2 amide bonds.